The van der Waals surface area contributed by atoms with E-state index in [1.54, 1.807) is 29.9 Å². The summed E-state index contributed by atoms with van der Waals surface area (Å²) < 4.78 is 0. The Morgan fingerprint density at radius 2 is 1.97 bits per heavy atom. The number of nitrogens with zero attached hydrogens (tertiary/aromatic N) is 4. The van der Waals surface area contributed by atoms with Gasteiger partial charge in [-0.05, 0) is 72.4 Å². The molecular weight excluding hydrogens is 508 g/mol. The highest BCUT2D eigenvalue weighted by Gasteiger charge is 2.18. The number of carbonyl (C=O) groups excluding carboxylic acids is 1. The second kappa shape index (κ2) is 10.0. The summed E-state index contributed by atoms with van der Waals surface area (Å²) in [5.74, 6) is 1.13. The van der Waals surface area contributed by atoms with Crippen molar-refractivity contribution in [3.8, 4) is 33.9 Å². The molecule has 9 nitrogen and oxygen atoms in total. The topological polar surface area (TPSA) is 124 Å². The molecule has 1 fully saturated rings. The van der Waals surface area contributed by atoms with Crippen LogP contribution in [0.25, 0.3) is 55.8 Å². The molecule has 0 radical (unpaired) electrons. The van der Waals surface area contributed by atoms with Crippen LogP contribution >= 0.6 is 11.3 Å². The van der Waals surface area contributed by atoms with Crippen LogP contribution in [0.5, 0.6) is 0 Å². The minimum absolute atomic E-state index is 0.0214. The Morgan fingerprint density at radius 3 is 2.85 bits per heavy atom. The van der Waals surface area contributed by atoms with Crippen molar-refractivity contribution in [3.63, 3.8) is 0 Å². The van der Waals surface area contributed by atoms with Crippen LogP contribution in [0.2, 0.25) is 0 Å². The van der Waals surface area contributed by atoms with E-state index in [0.29, 0.717) is 23.9 Å². The Morgan fingerprint density at radius 1 is 1.05 bits per heavy atom. The average Bonchev–Trinajstić information content (AvgIpc) is 3.73. The van der Waals surface area contributed by atoms with Crippen molar-refractivity contribution in [1.29, 1.82) is 0 Å². The number of aromatic nitrogens is 6. The Labute approximate surface area is 228 Å². The summed E-state index contributed by atoms with van der Waals surface area (Å²) >= 11 is 1.67. The van der Waals surface area contributed by atoms with E-state index in [-0.39, 0.29) is 5.91 Å². The molecule has 0 aliphatic carbocycles. The second-order valence-electron chi connectivity index (χ2n) is 9.89. The molecule has 1 aromatic carbocycles. The van der Waals surface area contributed by atoms with Crippen molar-refractivity contribution >= 4 is 44.9 Å². The van der Waals surface area contributed by atoms with Crippen LogP contribution < -0.4 is 10.6 Å². The molecule has 1 saturated heterocycles. The van der Waals surface area contributed by atoms with E-state index < -0.39 is 0 Å². The SMILES string of the molecule is O=C(CC1CCNCC1)Nc1cncc(-c2cc3c(-c4nc5c(-c6ccsc6)cccc5[nH]4)n[nH]c3cn2)c1. The monoisotopic (exact) mass is 534 g/mol. The summed E-state index contributed by atoms with van der Waals surface area (Å²) in [5, 5.41) is 19.1. The molecule has 1 aliphatic rings. The quantitative estimate of drug-likeness (QED) is 0.220. The van der Waals surface area contributed by atoms with Crippen molar-refractivity contribution in [2.75, 3.05) is 18.4 Å². The smallest absolute Gasteiger partial charge is 0.224 e. The molecule has 0 atom stereocenters. The van der Waals surface area contributed by atoms with Crippen molar-refractivity contribution in [3.05, 3.63) is 65.7 Å². The zero-order chi connectivity index (χ0) is 26.2. The number of anilines is 1. The standard InChI is InChI=1S/C29H26N8OS/c38-26(10-17-4-7-30-8-5-17)33-20-11-19(13-31-14-20)24-12-22-25(15-32-24)36-37-28(22)29-34-23-3-1-2-21(27(23)35-29)18-6-9-39-16-18/h1-3,6,9,11-17,30H,4-5,7-8,10H2,(H,33,38)(H,34,35)(H,36,37). The van der Waals surface area contributed by atoms with Crippen molar-refractivity contribution in [2.45, 2.75) is 19.3 Å². The number of fused-ring (bicyclic) bond motifs is 2. The molecule has 1 amide bonds. The van der Waals surface area contributed by atoms with Crippen molar-refractivity contribution in [2.24, 2.45) is 5.92 Å². The normalized spacial score (nSPS) is 14.3. The van der Waals surface area contributed by atoms with Crippen LogP contribution in [0.15, 0.2) is 65.7 Å². The van der Waals surface area contributed by atoms with E-state index in [1.807, 2.05) is 24.3 Å². The van der Waals surface area contributed by atoms with Gasteiger partial charge in [0.1, 0.15) is 5.69 Å². The first-order valence-electron chi connectivity index (χ1n) is 13.0. The maximum absolute atomic E-state index is 12.6. The number of aromatic amines is 2. The summed E-state index contributed by atoms with van der Waals surface area (Å²) in [6.45, 7) is 1.95. The molecule has 0 bridgehead atoms. The van der Waals surface area contributed by atoms with Gasteiger partial charge in [0, 0.05) is 29.1 Å². The van der Waals surface area contributed by atoms with E-state index in [0.717, 1.165) is 75.9 Å². The predicted octanol–water partition coefficient (Wildman–Crippen LogP) is 5.62. The zero-order valence-corrected chi connectivity index (χ0v) is 21.9. The molecule has 7 rings (SSSR count). The minimum Gasteiger partial charge on any atom is -0.337 e. The lowest BCUT2D eigenvalue weighted by molar-refractivity contribution is -0.117. The van der Waals surface area contributed by atoms with Gasteiger partial charge in [-0.25, -0.2) is 4.98 Å². The number of para-hydroxylation sites is 1. The van der Waals surface area contributed by atoms with Gasteiger partial charge < -0.3 is 15.6 Å². The zero-order valence-electron chi connectivity index (χ0n) is 21.1. The highest BCUT2D eigenvalue weighted by atomic mass is 32.1. The fourth-order valence-corrected chi connectivity index (χ4v) is 5.91. The average molecular weight is 535 g/mol. The van der Waals surface area contributed by atoms with E-state index in [2.05, 4.69) is 58.7 Å². The van der Waals surface area contributed by atoms with Gasteiger partial charge >= 0.3 is 0 Å². The number of imidazole rings is 1. The summed E-state index contributed by atoms with van der Waals surface area (Å²) in [6, 6.07) is 12.2. The summed E-state index contributed by atoms with van der Waals surface area (Å²) in [4.78, 5) is 30.0. The van der Waals surface area contributed by atoms with Crippen molar-refractivity contribution in [1.82, 2.24) is 35.5 Å². The number of nitrogens with one attached hydrogen (secondary N) is 4. The van der Waals surface area contributed by atoms with Gasteiger partial charge in [0.05, 0.1) is 40.3 Å². The molecule has 0 spiro atoms. The lowest BCUT2D eigenvalue weighted by Gasteiger charge is -2.21. The summed E-state index contributed by atoms with van der Waals surface area (Å²) in [5.41, 5.74) is 7.85. The van der Waals surface area contributed by atoms with Crippen LogP contribution in [0.1, 0.15) is 19.3 Å². The predicted molar refractivity (Wildman–Crippen MR) is 154 cm³/mol. The molecule has 10 heteroatoms. The van der Waals surface area contributed by atoms with Crippen molar-refractivity contribution < 1.29 is 4.79 Å². The van der Waals surface area contributed by atoms with Gasteiger partial charge in [-0.15, -0.1) is 0 Å². The number of hydrogen-bond donors (Lipinski definition) is 4. The number of hydrogen-bond acceptors (Lipinski definition) is 7. The lowest BCUT2D eigenvalue weighted by atomic mass is 9.94. The van der Waals surface area contributed by atoms with Gasteiger partial charge in [0.15, 0.2) is 5.82 Å². The largest absolute Gasteiger partial charge is 0.337 e. The van der Waals surface area contributed by atoms with Crippen LogP contribution in [0.4, 0.5) is 5.69 Å². The van der Waals surface area contributed by atoms with Crippen LogP contribution in [-0.2, 0) is 4.79 Å². The second-order valence-corrected chi connectivity index (χ2v) is 10.7. The van der Waals surface area contributed by atoms with E-state index >= 15 is 0 Å². The molecule has 0 saturated carbocycles. The Hall–Kier alpha value is -4.41. The number of amides is 1. The third-order valence-corrected chi connectivity index (χ3v) is 7.95. The van der Waals surface area contributed by atoms with Crippen LogP contribution in [0.3, 0.4) is 0 Å². The molecular formula is C29H26N8OS. The maximum atomic E-state index is 12.6. The van der Waals surface area contributed by atoms with Gasteiger partial charge in [-0.2, -0.15) is 16.4 Å². The summed E-state index contributed by atoms with van der Waals surface area (Å²) in [7, 11) is 0. The Balaban J connectivity index is 1.19. The maximum Gasteiger partial charge on any atom is 0.224 e. The molecule has 5 aromatic heterocycles. The first kappa shape index (κ1) is 23.7. The molecule has 39 heavy (non-hydrogen) atoms. The van der Waals surface area contributed by atoms with E-state index in [9.17, 15) is 4.79 Å². The number of carbonyl (C=O) groups is 1. The van der Waals surface area contributed by atoms with Gasteiger partial charge in [0.2, 0.25) is 5.91 Å². The Kier molecular flexibility index (Phi) is 6.10. The number of H-pyrrole nitrogens is 2. The summed E-state index contributed by atoms with van der Waals surface area (Å²) in [6.07, 6.45) is 7.78. The first-order chi connectivity index (χ1) is 19.2. The van der Waals surface area contributed by atoms with Crippen LogP contribution in [-0.4, -0.2) is 49.1 Å². The fourth-order valence-electron chi connectivity index (χ4n) is 5.26. The molecule has 194 valence electrons. The number of thiophene rings is 1. The number of piperidine rings is 1. The third-order valence-electron chi connectivity index (χ3n) is 7.27. The minimum atomic E-state index is 0.0214. The highest BCUT2D eigenvalue weighted by Crippen LogP contribution is 2.33. The van der Waals surface area contributed by atoms with E-state index in [1.165, 1.54) is 0 Å². The number of pyridine rings is 2. The first-order valence-corrected chi connectivity index (χ1v) is 14.0. The molecule has 1 aliphatic heterocycles. The van der Waals surface area contributed by atoms with Gasteiger partial charge in [-0.3, -0.25) is 19.9 Å². The number of rotatable bonds is 6. The Bertz CT molecular complexity index is 1780. The molecule has 0 unspecified atom stereocenters. The van der Waals surface area contributed by atoms with Crippen LogP contribution in [0, 0.1) is 5.92 Å². The fraction of sp³-hybridized carbons (Fsp3) is 0.207. The third kappa shape index (κ3) is 4.68. The number of benzene rings is 1. The van der Waals surface area contributed by atoms with E-state index in [4.69, 9.17) is 4.98 Å². The lowest BCUT2D eigenvalue weighted by Crippen LogP contribution is -2.30. The van der Waals surface area contributed by atoms with Gasteiger partial charge in [-0.1, -0.05) is 12.1 Å². The highest BCUT2D eigenvalue weighted by molar-refractivity contribution is 7.08. The molecule has 6 aromatic rings. The molecule has 4 N–H and O–H groups in total. The van der Waals surface area contributed by atoms with Gasteiger partial charge in [0.25, 0.3) is 0 Å². The molecule has 6 heterocycles.